The van der Waals surface area contributed by atoms with Crippen molar-refractivity contribution in [3.8, 4) is 0 Å². The van der Waals surface area contributed by atoms with Crippen LogP contribution in [0, 0.1) is 23.7 Å². The van der Waals surface area contributed by atoms with Crippen molar-refractivity contribution in [1.29, 1.82) is 0 Å². The van der Waals surface area contributed by atoms with Crippen LogP contribution in [0.4, 0.5) is 0 Å². The van der Waals surface area contributed by atoms with E-state index in [1.165, 1.54) is 6.42 Å². The van der Waals surface area contributed by atoms with Crippen LogP contribution >= 0.6 is 0 Å². The number of carbonyl (C=O) groups excluding carboxylic acids is 1. The highest BCUT2D eigenvalue weighted by Crippen LogP contribution is 2.48. The zero-order valence-electron chi connectivity index (χ0n) is 33.7. The molecule has 0 amide bonds. The number of esters is 1. The molecule has 5 aliphatic heterocycles. The van der Waals surface area contributed by atoms with E-state index in [1.54, 1.807) is 33.1 Å². The number of ether oxygens (including phenoxy) is 7. The Morgan fingerprint density at radius 2 is 1.77 bits per heavy atom. The molecular formula is C43H63NO12. The molecule has 1 saturated carbocycles. The lowest BCUT2D eigenvalue weighted by molar-refractivity contribution is -0.355. The third-order valence-corrected chi connectivity index (χ3v) is 13.7. The van der Waals surface area contributed by atoms with Crippen LogP contribution in [-0.4, -0.2) is 119 Å². The predicted molar refractivity (Wildman–Crippen MR) is 205 cm³/mol. The van der Waals surface area contributed by atoms with Gasteiger partial charge >= 0.3 is 5.97 Å². The number of aliphatic hydroxyl groups is 3. The van der Waals surface area contributed by atoms with Gasteiger partial charge in [-0.15, -0.1) is 0 Å². The van der Waals surface area contributed by atoms with Gasteiger partial charge in [0.1, 0.15) is 35.5 Å². The summed E-state index contributed by atoms with van der Waals surface area (Å²) in [7, 11) is 1.57. The maximum absolute atomic E-state index is 14.4. The fourth-order valence-corrected chi connectivity index (χ4v) is 10.4. The van der Waals surface area contributed by atoms with Gasteiger partial charge in [-0.2, -0.15) is 0 Å². The molecule has 7 rings (SSSR count). The molecule has 2 aliphatic carbocycles. The van der Waals surface area contributed by atoms with E-state index in [0.717, 1.165) is 31.3 Å². The van der Waals surface area contributed by atoms with Gasteiger partial charge in [-0.25, -0.2) is 0 Å². The number of rotatable bonds is 4. The maximum Gasteiger partial charge on any atom is 0.316 e. The van der Waals surface area contributed by atoms with Crippen LogP contribution in [-0.2, 0) is 38.0 Å². The Morgan fingerprint density at radius 3 is 2.50 bits per heavy atom. The van der Waals surface area contributed by atoms with Crippen molar-refractivity contribution in [3.05, 3.63) is 47.1 Å². The molecule has 7 aliphatic rings. The van der Waals surface area contributed by atoms with Crippen molar-refractivity contribution < 1.29 is 58.5 Å². The summed E-state index contributed by atoms with van der Waals surface area (Å²) in [5.74, 6) is -2.92. The van der Waals surface area contributed by atoms with Gasteiger partial charge in [0.15, 0.2) is 12.1 Å². The molecule has 13 nitrogen and oxygen atoms in total. The minimum atomic E-state index is -1.88. The van der Waals surface area contributed by atoms with E-state index in [4.69, 9.17) is 33.2 Å². The van der Waals surface area contributed by atoms with Gasteiger partial charge in [0.05, 0.1) is 43.2 Å². The first kappa shape index (κ1) is 41.7. The number of aliphatic hydroxyl groups excluding tert-OH is 2. The lowest BCUT2D eigenvalue weighted by atomic mass is 9.71. The minimum Gasteiger partial charge on any atom is -0.462 e. The Kier molecular flexibility index (Phi) is 12.7. The third-order valence-electron chi connectivity index (χ3n) is 13.7. The number of allylic oxidation sites excluding steroid dienone is 2. The molecular weight excluding hydrogens is 722 g/mol. The normalized spacial score (nSPS) is 48.6. The summed E-state index contributed by atoms with van der Waals surface area (Å²) in [4.78, 5) is 14.4. The van der Waals surface area contributed by atoms with Crippen molar-refractivity contribution in [1.82, 2.24) is 0 Å². The van der Waals surface area contributed by atoms with Gasteiger partial charge in [-0.3, -0.25) is 4.79 Å². The molecule has 56 heavy (non-hydrogen) atoms. The quantitative estimate of drug-likeness (QED) is 0.130. The average molecular weight is 786 g/mol. The fraction of sp³-hybridized carbons (Fsp3) is 0.767. The second-order valence-corrected chi connectivity index (χ2v) is 17.5. The number of methoxy groups -OCH3 is 1. The summed E-state index contributed by atoms with van der Waals surface area (Å²) >= 11 is 0. The molecule has 4 N–H and O–H groups in total. The third kappa shape index (κ3) is 8.09. The lowest BCUT2D eigenvalue weighted by Gasteiger charge is -2.53. The second-order valence-electron chi connectivity index (χ2n) is 17.5. The standard InChI is InChI=1S/C43H63NO12/c1-23-11-10-14-29-22-51-40-36(44-49)25(3)17-32(43(29,40)48)41(47)53-31-18-30(16-15-24(2)38(23)54-35-19-34(50-6)37(46)27(5)52-35)55-42(20-31)21-33(45)26(4)39(56-42)28-12-8-7-9-13-28/h10-11,14-15,17,23,26-28,30-35,37-40,45-46,48-49H,7-9,12-13,16,18-22H2,1-6H3/b11-10+,24-15+,29-14+,44-36+/t23-,26-,27-,30+,31-,32-,33-,34-,35-,37-,38-,39-,40+,42-,43+/m0/s1. The molecule has 0 aromatic heterocycles. The summed E-state index contributed by atoms with van der Waals surface area (Å²) in [5.41, 5.74) is 0.169. The largest absolute Gasteiger partial charge is 0.462 e. The monoisotopic (exact) mass is 785 g/mol. The van der Waals surface area contributed by atoms with E-state index >= 15 is 0 Å². The Bertz CT molecular complexity index is 1590. The molecule has 0 aromatic carbocycles. The van der Waals surface area contributed by atoms with Crippen molar-refractivity contribution in [2.75, 3.05) is 13.7 Å². The molecule has 2 bridgehead atoms. The SMILES string of the molecule is CO[C@H]1C[C@H](O[C@@H]2/C(C)=C/C[C@@H]3C[C@@H](C[C@]4(C[C@H](O)[C@H](C)[C@@H](C5CCCCC5)O4)O3)OC(=O)[C@@H]3C=C(C)/C(=N\O)[C@H]4OC/C(=C\C=C\[C@@H]2C)[C@]43O)O[C@@H](C)[C@@H]1O. The van der Waals surface area contributed by atoms with Gasteiger partial charge in [-0.1, -0.05) is 68.6 Å². The first-order chi connectivity index (χ1) is 26.8. The Morgan fingerprint density at radius 1 is 1.00 bits per heavy atom. The molecule has 0 aromatic rings. The van der Waals surface area contributed by atoms with Gasteiger partial charge < -0.3 is 53.7 Å². The molecule has 4 saturated heterocycles. The Balaban J connectivity index is 1.26. The highest BCUT2D eigenvalue weighted by atomic mass is 16.7. The summed E-state index contributed by atoms with van der Waals surface area (Å²) < 4.78 is 44.8. The second kappa shape index (κ2) is 17.0. The smallest absolute Gasteiger partial charge is 0.316 e. The first-order valence-corrected chi connectivity index (χ1v) is 20.8. The molecule has 312 valence electrons. The zero-order valence-corrected chi connectivity index (χ0v) is 33.7. The van der Waals surface area contributed by atoms with Crippen molar-refractivity contribution in [3.63, 3.8) is 0 Å². The summed E-state index contributed by atoms with van der Waals surface area (Å²) in [5, 5.41) is 48.2. The number of oxime groups is 1. The number of nitrogens with zero attached hydrogens (tertiary/aromatic N) is 1. The number of hydrogen-bond acceptors (Lipinski definition) is 13. The number of carbonyl (C=O) groups is 1. The molecule has 5 fully saturated rings. The highest BCUT2D eigenvalue weighted by molar-refractivity contribution is 6.06. The van der Waals surface area contributed by atoms with Crippen LogP contribution in [0.1, 0.15) is 98.8 Å². The molecule has 0 unspecified atom stereocenters. The van der Waals surface area contributed by atoms with Crippen LogP contribution in [0.25, 0.3) is 0 Å². The van der Waals surface area contributed by atoms with Crippen LogP contribution in [0.15, 0.2) is 52.3 Å². The predicted octanol–water partition coefficient (Wildman–Crippen LogP) is 5.04. The maximum atomic E-state index is 14.4. The van der Waals surface area contributed by atoms with E-state index in [9.17, 15) is 25.3 Å². The van der Waals surface area contributed by atoms with Crippen LogP contribution in [0.2, 0.25) is 0 Å². The van der Waals surface area contributed by atoms with Crippen LogP contribution < -0.4 is 0 Å². The molecule has 0 radical (unpaired) electrons. The fourth-order valence-electron chi connectivity index (χ4n) is 10.4. The number of hydrogen-bond donors (Lipinski definition) is 4. The zero-order chi connectivity index (χ0) is 39.9. The Labute approximate surface area is 330 Å². The van der Waals surface area contributed by atoms with E-state index < -0.39 is 78.4 Å². The van der Waals surface area contributed by atoms with E-state index in [2.05, 4.69) is 18.2 Å². The summed E-state index contributed by atoms with van der Waals surface area (Å²) in [6.07, 6.45) is 10.6. The number of fused-ring (bicyclic) bond motifs is 2. The molecule has 1 spiro atoms. The van der Waals surface area contributed by atoms with Crippen molar-refractivity contribution in [2.24, 2.45) is 28.8 Å². The van der Waals surface area contributed by atoms with E-state index in [1.807, 2.05) is 26.0 Å². The van der Waals surface area contributed by atoms with Gasteiger partial charge in [0, 0.05) is 44.6 Å². The summed E-state index contributed by atoms with van der Waals surface area (Å²) in [6, 6.07) is 0. The summed E-state index contributed by atoms with van der Waals surface area (Å²) in [6.45, 7) is 9.63. The average Bonchev–Trinajstić information content (AvgIpc) is 3.51. The molecule has 5 heterocycles. The topological polar surface area (TPSA) is 175 Å². The first-order valence-electron chi connectivity index (χ1n) is 20.8. The molecule has 15 atom stereocenters. The van der Waals surface area contributed by atoms with Gasteiger partial charge in [0.2, 0.25) is 0 Å². The van der Waals surface area contributed by atoms with Crippen molar-refractivity contribution >= 4 is 11.7 Å². The molecule has 13 heteroatoms. The minimum absolute atomic E-state index is 0.00607. The van der Waals surface area contributed by atoms with Gasteiger partial charge in [-0.05, 0) is 62.7 Å². The van der Waals surface area contributed by atoms with Gasteiger partial charge in [0.25, 0.3) is 0 Å². The van der Waals surface area contributed by atoms with E-state index in [-0.39, 0.29) is 43.1 Å². The van der Waals surface area contributed by atoms with Crippen LogP contribution in [0.5, 0.6) is 0 Å². The lowest BCUT2D eigenvalue weighted by Crippen LogP contribution is -2.60. The highest BCUT2D eigenvalue weighted by Gasteiger charge is 2.60. The Hall–Kier alpha value is -2.46. The van der Waals surface area contributed by atoms with Crippen LogP contribution in [0.3, 0.4) is 0 Å². The van der Waals surface area contributed by atoms with Crippen molar-refractivity contribution in [2.45, 2.75) is 171 Å². The van der Waals surface area contributed by atoms with E-state index in [0.29, 0.717) is 36.3 Å².